The Morgan fingerprint density at radius 1 is 1.30 bits per heavy atom. The monoisotopic (exact) mass is 315 g/mol. The maximum absolute atomic E-state index is 12.4. The Bertz CT molecular complexity index is 676. The van der Waals surface area contributed by atoms with Gasteiger partial charge in [-0.1, -0.05) is 30.3 Å². The Balaban J connectivity index is 2.12. The minimum atomic E-state index is -1.05. The largest absolute Gasteiger partial charge is 0.511 e. The minimum Gasteiger partial charge on any atom is -0.511 e. The highest BCUT2D eigenvalue weighted by Crippen LogP contribution is 2.38. The van der Waals surface area contributed by atoms with Gasteiger partial charge in [-0.2, -0.15) is 0 Å². The van der Waals surface area contributed by atoms with Crippen molar-refractivity contribution in [2.75, 3.05) is 7.05 Å². The van der Waals surface area contributed by atoms with Crippen molar-refractivity contribution in [3.63, 3.8) is 0 Å². The summed E-state index contributed by atoms with van der Waals surface area (Å²) in [5.41, 5.74) is 0.530. The van der Waals surface area contributed by atoms with Crippen molar-refractivity contribution in [3.8, 4) is 0 Å². The second-order valence-corrected chi connectivity index (χ2v) is 6.03. The highest BCUT2D eigenvalue weighted by Gasteiger charge is 2.44. The molecule has 0 bridgehead atoms. The predicted molar refractivity (Wildman–Crippen MR) is 87.3 cm³/mol. The Hall–Kier alpha value is -2.43. The van der Waals surface area contributed by atoms with Crippen LogP contribution in [0, 0.1) is 5.41 Å². The highest BCUT2D eigenvalue weighted by molar-refractivity contribution is 6.23. The van der Waals surface area contributed by atoms with Gasteiger partial charge in [0.15, 0.2) is 5.78 Å². The number of ether oxygens (including phenoxy) is 1. The molecule has 5 nitrogen and oxygen atoms in total. The first-order valence-electron chi connectivity index (χ1n) is 7.47. The lowest BCUT2D eigenvalue weighted by atomic mass is 9.74. The number of rotatable bonds is 4. The van der Waals surface area contributed by atoms with Gasteiger partial charge >= 0.3 is 5.97 Å². The van der Waals surface area contributed by atoms with Crippen molar-refractivity contribution in [2.24, 2.45) is 10.4 Å². The van der Waals surface area contributed by atoms with Gasteiger partial charge in [0.1, 0.15) is 12.4 Å². The number of nitrogens with zero attached hydrogens (tertiary/aromatic N) is 1. The Kier molecular flexibility index (Phi) is 4.98. The zero-order valence-electron chi connectivity index (χ0n) is 13.6. The SMILES string of the molecule is CN=C(C)C1=C(O)CC(C)(C(=O)OCc2ccccc2)CC1=O. The molecule has 0 radical (unpaired) electrons. The number of aliphatic hydroxyl groups excluding tert-OH is 1. The molecule has 1 atom stereocenters. The van der Waals surface area contributed by atoms with Crippen LogP contribution in [0.3, 0.4) is 0 Å². The summed E-state index contributed by atoms with van der Waals surface area (Å²) in [7, 11) is 1.56. The average Bonchev–Trinajstić information content (AvgIpc) is 2.52. The number of allylic oxidation sites excluding steroid dienone is 2. The van der Waals surface area contributed by atoms with Crippen LogP contribution in [0.1, 0.15) is 32.3 Å². The topological polar surface area (TPSA) is 76.0 Å². The van der Waals surface area contributed by atoms with E-state index in [2.05, 4.69) is 4.99 Å². The van der Waals surface area contributed by atoms with Crippen LogP contribution in [0.25, 0.3) is 0 Å². The van der Waals surface area contributed by atoms with E-state index in [1.165, 1.54) is 0 Å². The number of carbonyl (C=O) groups excluding carboxylic acids is 2. The molecular weight excluding hydrogens is 294 g/mol. The van der Waals surface area contributed by atoms with E-state index >= 15 is 0 Å². The van der Waals surface area contributed by atoms with E-state index in [4.69, 9.17) is 4.74 Å². The van der Waals surface area contributed by atoms with Crippen LogP contribution in [0.4, 0.5) is 0 Å². The molecule has 0 aliphatic heterocycles. The molecule has 0 fully saturated rings. The zero-order chi connectivity index (χ0) is 17.0. The van der Waals surface area contributed by atoms with Gasteiger partial charge in [-0.3, -0.25) is 14.6 Å². The summed E-state index contributed by atoms with van der Waals surface area (Å²) in [6.07, 6.45) is 0.0848. The molecule has 1 unspecified atom stereocenters. The molecule has 122 valence electrons. The number of hydrogen-bond acceptors (Lipinski definition) is 5. The van der Waals surface area contributed by atoms with E-state index in [-0.39, 0.29) is 36.6 Å². The number of ketones is 1. The van der Waals surface area contributed by atoms with Crippen molar-refractivity contribution in [1.82, 2.24) is 0 Å². The highest BCUT2D eigenvalue weighted by atomic mass is 16.5. The fourth-order valence-electron chi connectivity index (χ4n) is 2.69. The second kappa shape index (κ2) is 6.77. The summed E-state index contributed by atoms with van der Waals surface area (Å²) in [5.74, 6) is -0.856. The maximum Gasteiger partial charge on any atom is 0.313 e. The van der Waals surface area contributed by atoms with Gasteiger partial charge in [-0.05, 0) is 19.4 Å². The van der Waals surface area contributed by atoms with Crippen molar-refractivity contribution >= 4 is 17.5 Å². The van der Waals surface area contributed by atoms with Crippen LogP contribution in [0.15, 0.2) is 46.7 Å². The molecule has 0 amide bonds. The number of aliphatic hydroxyl groups is 1. The van der Waals surface area contributed by atoms with Crippen molar-refractivity contribution in [3.05, 3.63) is 47.2 Å². The molecule has 23 heavy (non-hydrogen) atoms. The van der Waals surface area contributed by atoms with Crippen LogP contribution in [-0.4, -0.2) is 29.6 Å². The first-order valence-corrected chi connectivity index (χ1v) is 7.47. The molecule has 0 spiro atoms. The lowest BCUT2D eigenvalue weighted by molar-refractivity contribution is -0.159. The van der Waals surface area contributed by atoms with Gasteiger partial charge in [0.05, 0.1) is 11.0 Å². The molecular formula is C18H21NO4. The first kappa shape index (κ1) is 16.9. The standard InChI is InChI=1S/C18H21NO4/c1-12(19-3)16-14(20)9-18(2,10-15(16)21)17(22)23-11-13-7-5-4-6-8-13/h4-8,20H,9-11H2,1-3H3. The first-order chi connectivity index (χ1) is 10.9. The van der Waals surface area contributed by atoms with Crippen molar-refractivity contribution < 1.29 is 19.4 Å². The summed E-state index contributed by atoms with van der Waals surface area (Å²) in [6, 6.07) is 9.33. The van der Waals surface area contributed by atoms with Gasteiger partial charge in [0.2, 0.25) is 0 Å². The molecule has 1 aliphatic carbocycles. The summed E-state index contributed by atoms with van der Waals surface area (Å²) in [5, 5.41) is 10.2. The lowest BCUT2D eigenvalue weighted by Gasteiger charge is -2.31. The second-order valence-electron chi connectivity index (χ2n) is 6.03. The molecule has 5 heteroatoms. The van der Waals surface area contributed by atoms with E-state index in [0.717, 1.165) is 5.56 Å². The molecule has 2 rings (SSSR count). The van der Waals surface area contributed by atoms with E-state index < -0.39 is 11.4 Å². The number of esters is 1. The number of Topliss-reactive ketones (excluding diaryl/α,β-unsaturated/α-hetero) is 1. The molecule has 1 aromatic rings. The van der Waals surface area contributed by atoms with Crippen LogP contribution >= 0.6 is 0 Å². The third-order valence-electron chi connectivity index (χ3n) is 4.08. The van der Waals surface area contributed by atoms with E-state index in [0.29, 0.717) is 5.71 Å². The van der Waals surface area contributed by atoms with Gasteiger partial charge < -0.3 is 9.84 Å². The normalized spacial score (nSPS) is 22.2. The zero-order valence-corrected chi connectivity index (χ0v) is 13.6. The van der Waals surface area contributed by atoms with Gasteiger partial charge in [0, 0.05) is 25.6 Å². The van der Waals surface area contributed by atoms with Crippen LogP contribution in [0.2, 0.25) is 0 Å². The summed E-state index contributed by atoms with van der Waals surface area (Å²) < 4.78 is 5.33. The fourth-order valence-corrected chi connectivity index (χ4v) is 2.69. The van der Waals surface area contributed by atoms with Crippen LogP contribution < -0.4 is 0 Å². The van der Waals surface area contributed by atoms with E-state index in [1.54, 1.807) is 20.9 Å². The molecule has 1 aliphatic rings. The summed E-state index contributed by atoms with van der Waals surface area (Å²) >= 11 is 0. The maximum atomic E-state index is 12.4. The third kappa shape index (κ3) is 3.67. The number of carbonyl (C=O) groups is 2. The Morgan fingerprint density at radius 2 is 1.96 bits per heavy atom. The molecule has 0 saturated carbocycles. The number of aliphatic imine (C=N–C) groups is 1. The molecule has 0 saturated heterocycles. The minimum absolute atomic E-state index is 0.00682. The number of hydrogen-bond donors (Lipinski definition) is 1. The number of benzene rings is 1. The van der Waals surface area contributed by atoms with E-state index in [9.17, 15) is 14.7 Å². The van der Waals surface area contributed by atoms with Gasteiger partial charge in [0.25, 0.3) is 0 Å². The molecule has 1 aromatic carbocycles. The quantitative estimate of drug-likeness (QED) is 0.684. The molecule has 0 heterocycles. The molecule has 1 N–H and O–H groups in total. The van der Waals surface area contributed by atoms with Crippen LogP contribution in [-0.2, 0) is 20.9 Å². The smallest absolute Gasteiger partial charge is 0.313 e. The molecule has 0 aromatic heterocycles. The lowest BCUT2D eigenvalue weighted by Crippen LogP contribution is -2.38. The summed E-state index contributed by atoms with van der Waals surface area (Å²) in [6.45, 7) is 3.46. The Morgan fingerprint density at radius 3 is 2.52 bits per heavy atom. The fraction of sp³-hybridized carbons (Fsp3) is 0.389. The van der Waals surface area contributed by atoms with Gasteiger partial charge in [-0.25, -0.2) is 0 Å². The van der Waals surface area contributed by atoms with Crippen LogP contribution in [0.5, 0.6) is 0 Å². The Labute approximate surface area is 135 Å². The van der Waals surface area contributed by atoms with Crippen molar-refractivity contribution in [1.29, 1.82) is 0 Å². The average molecular weight is 315 g/mol. The summed E-state index contributed by atoms with van der Waals surface area (Å²) in [4.78, 5) is 28.6. The van der Waals surface area contributed by atoms with Crippen molar-refractivity contribution in [2.45, 2.75) is 33.3 Å². The predicted octanol–water partition coefficient (Wildman–Crippen LogP) is 3.00. The van der Waals surface area contributed by atoms with E-state index in [1.807, 2.05) is 30.3 Å². The van der Waals surface area contributed by atoms with Gasteiger partial charge in [-0.15, -0.1) is 0 Å². The third-order valence-corrected chi connectivity index (χ3v) is 4.08.